The van der Waals surface area contributed by atoms with E-state index in [4.69, 9.17) is 23.2 Å². The van der Waals surface area contributed by atoms with Gasteiger partial charge in [-0.15, -0.1) is 0 Å². The largest absolute Gasteiger partial charge is 0.340 e. The van der Waals surface area contributed by atoms with E-state index in [0.717, 1.165) is 11.9 Å². The van der Waals surface area contributed by atoms with E-state index in [9.17, 15) is 13.8 Å². The van der Waals surface area contributed by atoms with Gasteiger partial charge in [0.1, 0.15) is 5.69 Å². The molecule has 0 aliphatic carbocycles. The van der Waals surface area contributed by atoms with Gasteiger partial charge in [-0.2, -0.15) is 0 Å². The average Bonchev–Trinajstić information content (AvgIpc) is 3.08. The van der Waals surface area contributed by atoms with Crippen LogP contribution in [0.25, 0.3) is 10.9 Å². The van der Waals surface area contributed by atoms with E-state index in [-0.39, 0.29) is 11.9 Å². The first-order valence-corrected chi connectivity index (χ1v) is 11.5. The third kappa shape index (κ3) is 5.20. The lowest BCUT2D eigenvalue weighted by Crippen LogP contribution is -2.41. The molecule has 31 heavy (non-hydrogen) atoms. The fourth-order valence-corrected chi connectivity index (χ4v) is 4.03. The zero-order valence-corrected chi connectivity index (χ0v) is 19.5. The van der Waals surface area contributed by atoms with Crippen LogP contribution in [-0.2, 0) is 18.0 Å². The molecule has 2 aromatic carbocycles. The highest BCUT2D eigenvalue weighted by atomic mass is 35.5. The lowest BCUT2D eigenvalue weighted by molar-refractivity contribution is 0.101. The normalized spacial score (nSPS) is 12.9. The highest BCUT2D eigenvalue weighted by Crippen LogP contribution is 2.32. The summed E-state index contributed by atoms with van der Waals surface area (Å²) in [6.07, 6.45) is 0.768. The summed E-state index contributed by atoms with van der Waals surface area (Å²) in [4.78, 5) is 25.0. The molecule has 2 unspecified atom stereocenters. The first kappa shape index (κ1) is 23.1. The van der Waals surface area contributed by atoms with Crippen molar-refractivity contribution in [3.8, 4) is 0 Å². The molecular weight excluding hydrogens is 459 g/mol. The number of hydrogen-bond acceptors (Lipinski definition) is 3. The van der Waals surface area contributed by atoms with Crippen molar-refractivity contribution in [1.82, 2.24) is 14.6 Å². The van der Waals surface area contributed by atoms with Crippen LogP contribution in [0.2, 0.25) is 10.0 Å². The number of rotatable bonds is 6. The van der Waals surface area contributed by atoms with Crippen molar-refractivity contribution >= 4 is 62.7 Å². The van der Waals surface area contributed by atoms with Gasteiger partial charge >= 0.3 is 6.03 Å². The maximum absolute atomic E-state index is 12.8. The Kier molecular flexibility index (Phi) is 7.25. The number of aromatic nitrogens is 1. The van der Waals surface area contributed by atoms with Crippen LogP contribution in [0.5, 0.6) is 0 Å². The van der Waals surface area contributed by atoms with E-state index in [2.05, 4.69) is 15.4 Å². The Balaban J connectivity index is 1.70. The Hall–Kier alpha value is -2.55. The molecule has 0 radical (unpaired) electrons. The summed E-state index contributed by atoms with van der Waals surface area (Å²) in [5.41, 5.74) is 1.71. The Morgan fingerprint density at radius 2 is 1.81 bits per heavy atom. The van der Waals surface area contributed by atoms with Crippen molar-refractivity contribution in [3.05, 3.63) is 58.2 Å². The van der Waals surface area contributed by atoms with Crippen LogP contribution in [0, 0.1) is 0 Å². The van der Waals surface area contributed by atoms with Gasteiger partial charge < -0.3 is 15.2 Å². The van der Waals surface area contributed by atoms with Crippen molar-refractivity contribution in [2.45, 2.75) is 31.2 Å². The Labute approximate surface area is 192 Å². The number of hydrogen-bond donors (Lipinski definition) is 3. The molecular formula is C21H22Cl2N4O3S. The fraction of sp³-hybridized carbons (Fsp3) is 0.238. The monoisotopic (exact) mass is 480 g/mol. The van der Waals surface area contributed by atoms with Crippen molar-refractivity contribution in [3.63, 3.8) is 0 Å². The van der Waals surface area contributed by atoms with Gasteiger partial charge in [-0.1, -0.05) is 30.1 Å². The second-order valence-electron chi connectivity index (χ2n) is 7.01. The van der Waals surface area contributed by atoms with Gasteiger partial charge in [0, 0.05) is 29.7 Å². The summed E-state index contributed by atoms with van der Waals surface area (Å²) >= 11 is 12.3. The number of amides is 3. The molecule has 1 heterocycles. The lowest BCUT2D eigenvalue weighted by atomic mass is 10.2. The smallest absolute Gasteiger partial charge is 0.327 e. The van der Waals surface area contributed by atoms with E-state index in [1.54, 1.807) is 54.1 Å². The molecule has 7 nitrogen and oxygen atoms in total. The maximum atomic E-state index is 12.8. The van der Waals surface area contributed by atoms with Crippen molar-refractivity contribution in [2.24, 2.45) is 7.05 Å². The third-order valence-electron chi connectivity index (χ3n) is 4.85. The van der Waals surface area contributed by atoms with E-state index < -0.39 is 17.0 Å². The summed E-state index contributed by atoms with van der Waals surface area (Å²) in [7, 11) is 0.0537. The molecule has 164 valence electrons. The van der Waals surface area contributed by atoms with Crippen LogP contribution in [-0.4, -0.2) is 26.8 Å². The second kappa shape index (κ2) is 9.72. The zero-order chi connectivity index (χ0) is 22.7. The van der Waals surface area contributed by atoms with Gasteiger partial charge in [0.05, 0.1) is 14.9 Å². The molecule has 10 heteroatoms. The molecule has 3 aromatic rings. The first-order chi connectivity index (χ1) is 14.7. The van der Waals surface area contributed by atoms with E-state index in [0.29, 0.717) is 31.7 Å². The number of carbonyl (C=O) groups is 2. The molecule has 1 aromatic heterocycles. The van der Waals surface area contributed by atoms with Crippen molar-refractivity contribution in [2.75, 3.05) is 5.32 Å². The highest BCUT2D eigenvalue weighted by molar-refractivity contribution is 7.83. The maximum Gasteiger partial charge on any atom is 0.327 e. The number of fused-ring (bicyclic) bond motifs is 1. The third-order valence-corrected chi connectivity index (χ3v) is 6.74. The molecule has 0 aliphatic rings. The first-order valence-electron chi connectivity index (χ1n) is 9.55. The quantitative estimate of drug-likeness (QED) is 0.470. The summed E-state index contributed by atoms with van der Waals surface area (Å²) < 4.78 is 16.4. The van der Waals surface area contributed by atoms with Crippen LogP contribution < -0.4 is 15.4 Å². The van der Waals surface area contributed by atoms with Gasteiger partial charge in [-0.3, -0.25) is 9.52 Å². The van der Waals surface area contributed by atoms with Crippen LogP contribution in [0.15, 0.2) is 47.4 Å². The van der Waals surface area contributed by atoms with Crippen molar-refractivity contribution in [1.29, 1.82) is 0 Å². The van der Waals surface area contributed by atoms with E-state index in [1.165, 1.54) is 0 Å². The Morgan fingerprint density at radius 1 is 1.13 bits per heavy atom. The lowest BCUT2D eigenvalue weighted by Gasteiger charge is -2.12. The molecule has 0 bridgehead atoms. The number of urea groups is 1. The molecule has 0 saturated heterocycles. The van der Waals surface area contributed by atoms with Crippen LogP contribution in [0.3, 0.4) is 0 Å². The van der Waals surface area contributed by atoms with Gasteiger partial charge in [0.25, 0.3) is 5.91 Å². The predicted molar refractivity (Wildman–Crippen MR) is 125 cm³/mol. The number of anilines is 1. The van der Waals surface area contributed by atoms with Crippen LogP contribution in [0.1, 0.15) is 30.8 Å². The van der Waals surface area contributed by atoms with Gasteiger partial charge in [0.2, 0.25) is 0 Å². The van der Waals surface area contributed by atoms with Crippen LogP contribution >= 0.6 is 23.2 Å². The minimum absolute atomic E-state index is 0.0188. The minimum Gasteiger partial charge on any atom is -0.340 e. The van der Waals surface area contributed by atoms with Gasteiger partial charge in [0.15, 0.2) is 11.0 Å². The number of nitrogens with zero attached hydrogens (tertiary/aromatic N) is 1. The number of carbonyl (C=O) groups excluding carboxylic acids is 2. The molecule has 3 amide bonds. The van der Waals surface area contributed by atoms with Crippen molar-refractivity contribution < 1.29 is 13.8 Å². The number of halogens is 2. The topological polar surface area (TPSA) is 92.2 Å². The number of nitrogens with one attached hydrogen (secondary N) is 3. The van der Waals surface area contributed by atoms with E-state index in [1.807, 2.05) is 13.8 Å². The molecule has 2 atom stereocenters. The van der Waals surface area contributed by atoms with Gasteiger partial charge in [-0.25, -0.2) is 9.00 Å². The Morgan fingerprint density at radius 3 is 2.45 bits per heavy atom. The molecule has 3 rings (SSSR count). The summed E-state index contributed by atoms with van der Waals surface area (Å²) in [5.74, 6) is -0.328. The number of benzene rings is 2. The zero-order valence-electron chi connectivity index (χ0n) is 17.2. The van der Waals surface area contributed by atoms with E-state index >= 15 is 0 Å². The Bertz CT molecular complexity index is 1160. The second-order valence-corrected chi connectivity index (χ2v) is 9.01. The number of aryl methyl sites for hydroxylation is 1. The molecule has 0 aliphatic heterocycles. The average molecular weight is 481 g/mol. The van der Waals surface area contributed by atoms with Gasteiger partial charge in [-0.05, 0) is 55.8 Å². The minimum atomic E-state index is -1.71. The molecule has 0 fully saturated rings. The molecule has 0 spiro atoms. The fourth-order valence-electron chi connectivity index (χ4n) is 2.92. The molecule has 0 saturated carbocycles. The van der Waals surface area contributed by atoms with Crippen LogP contribution in [0.4, 0.5) is 10.5 Å². The SMILES string of the molecule is CCC(C)NC(=O)NS(=O)c1ccc(NC(=O)c2cc3c(Cl)c(Cl)ccc3n2C)cc1. The summed E-state index contributed by atoms with van der Waals surface area (Å²) in [6.45, 7) is 3.80. The summed E-state index contributed by atoms with van der Waals surface area (Å²) in [6, 6.07) is 11.0. The molecule has 3 N–H and O–H groups in total. The highest BCUT2D eigenvalue weighted by Gasteiger charge is 2.17. The standard InChI is InChI=1S/C21H22Cl2N4O3S/c1-4-12(2)24-21(29)26-31(30)14-7-5-13(6-8-14)25-20(28)18-11-15-17(27(18)3)10-9-16(22)19(15)23/h5-12H,4H2,1-3H3,(H,25,28)(H2,24,26,29). The summed E-state index contributed by atoms with van der Waals surface area (Å²) in [5, 5.41) is 6.99. The predicted octanol–water partition coefficient (Wildman–Crippen LogP) is 4.86.